The van der Waals surface area contributed by atoms with Crippen LogP contribution in [0.3, 0.4) is 0 Å². The van der Waals surface area contributed by atoms with Crippen LogP contribution in [0.25, 0.3) is 0 Å². The van der Waals surface area contributed by atoms with Crippen molar-refractivity contribution in [3.05, 3.63) is 28.8 Å². The molecule has 0 heterocycles. The lowest BCUT2D eigenvalue weighted by Crippen LogP contribution is -2.18. The molecule has 0 atom stereocenters. The molecule has 0 amide bonds. The number of halogens is 3. The number of nitrogens with zero attached hydrogens (tertiary/aromatic N) is 1. The maximum Gasteiger partial charge on any atom is 0.573 e. The van der Waals surface area contributed by atoms with Gasteiger partial charge in [0.25, 0.3) is 0 Å². The van der Waals surface area contributed by atoms with Gasteiger partial charge in [-0.05, 0) is 30.2 Å². The maximum atomic E-state index is 12.3. The fraction of sp³-hybridized carbons (Fsp3) is 0.385. The molecule has 0 bridgehead atoms. The number of benzene rings is 1. The van der Waals surface area contributed by atoms with E-state index in [-0.39, 0.29) is 36.3 Å². The Hall–Kier alpha value is -2.27. The molecule has 0 aliphatic rings. The first-order valence-electron chi connectivity index (χ1n) is 5.98. The zero-order valence-corrected chi connectivity index (χ0v) is 11.2. The van der Waals surface area contributed by atoms with Gasteiger partial charge >= 0.3 is 12.3 Å². The van der Waals surface area contributed by atoms with E-state index >= 15 is 0 Å². The number of carbonyl (C=O) groups excluding carboxylic acids is 1. The van der Waals surface area contributed by atoms with Crippen molar-refractivity contribution in [1.82, 2.24) is 0 Å². The summed E-state index contributed by atoms with van der Waals surface area (Å²) in [7, 11) is 0. The molecule has 0 saturated carbocycles. The molecule has 21 heavy (non-hydrogen) atoms. The summed E-state index contributed by atoms with van der Waals surface area (Å²) in [5, 5.41) is 9.08. The quantitative estimate of drug-likeness (QED) is 0.841. The van der Waals surface area contributed by atoms with Gasteiger partial charge < -0.3 is 15.2 Å². The highest BCUT2D eigenvalue weighted by molar-refractivity contribution is 5.74. The minimum absolute atomic E-state index is 0.0556. The summed E-state index contributed by atoms with van der Waals surface area (Å²) in [6, 6.07) is 3.84. The lowest BCUT2D eigenvalue weighted by Gasteiger charge is -2.14. The Bertz CT molecular complexity index is 565. The number of nitriles is 1. The van der Waals surface area contributed by atoms with Crippen molar-refractivity contribution in [2.24, 2.45) is 5.73 Å². The van der Waals surface area contributed by atoms with Gasteiger partial charge in [0, 0.05) is 6.54 Å². The molecule has 0 spiro atoms. The van der Waals surface area contributed by atoms with Crippen LogP contribution in [-0.4, -0.2) is 18.9 Å². The van der Waals surface area contributed by atoms with Gasteiger partial charge in [-0.3, -0.25) is 4.79 Å². The number of rotatable bonds is 5. The number of nitrogens with two attached hydrogens (primary N) is 1. The Labute approximate surface area is 119 Å². The highest BCUT2D eigenvalue weighted by Gasteiger charge is 2.31. The first kappa shape index (κ1) is 16.8. The minimum atomic E-state index is -4.87. The summed E-state index contributed by atoms with van der Waals surface area (Å²) >= 11 is 0. The summed E-state index contributed by atoms with van der Waals surface area (Å²) in [4.78, 5) is 11.5. The normalized spacial score (nSPS) is 10.9. The van der Waals surface area contributed by atoms with E-state index < -0.39 is 18.1 Å². The van der Waals surface area contributed by atoms with Gasteiger partial charge in [-0.15, -0.1) is 13.2 Å². The molecule has 0 aromatic heterocycles. The van der Waals surface area contributed by atoms with Crippen molar-refractivity contribution >= 4 is 5.97 Å². The van der Waals surface area contributed by atoms with Crippen LogP contribution in [0.2, 0.25) is 0 Å². The molecule has 114 valence electrons. The third-order valence-electron chi connectivity index (χ3n) is 2.48. The van der Waals surface area contributed by atoms with Crippen LogP contribution in [-0.2, 0) is 22.5 Å². The number of esters is 1. The van der Waals surface area contributed by atoms with Crippen LogP contribution in [0.1, 0.15) is 23.6 Å². The molecule has 2 N–H and O–H groups in total. The Morgan fingerprint density at radius 1 is 1.38 bits per heavy atom. The summed E-state index contributed by atoms with van der Waals surface area (Å²) in [6.45, 7) is 1.56. The average molecular weight is 302 g/mol. The van der Waals surface area contributed by atoms with Crippen LogP contribution in [0.5, 0.6) is 5.75 Å². The van der Waals surface area contributed by atoms with Gasteiger partial charge in [0.2, 0.25) is 0 Å². The van der Waals surface area contributed by atoms with Gasteiger partial charge in [0.15, 0.2) is 0 Å². The molecule has 8 heteroatoms. The predicted molar refractivity (Wildman–Crippen MR) is 66.1 cm³/mol. The van der Waals surface area contributed by atoms with Gasteiger partial charge in [-0.2, -0.15) is 5.26 Å². The SMILES string of the molecule is CCOC(=O)Cc1cc(OC(F)(F)F)cc(CN)c1C#N. The largest absolute Gasteiger partial charge is 0.573 e. The fourth-order valence-corrected chi connectivity index (χ4v) is 1.74. The zero-order chi connectivity index (χ0) is 16.0. The summed E-state index contributed by atoms with van der Waals surface area (Å²) in [5.74, 6) is -1.18. The van der Waals surface area contributed by atoms with Crippen LogP contribution < -0.4 is 10.5 Å². The van der Waals surface area contributed by atoms with Crippen LogP contribution in [0.4, 0.5) is 13.2 Å². The smallest absolute Gasteiger partial charge is 0.466 e. The topological polar surface area (TPSA) is 85.3 Å². The van der Waals surface area contributed by atoms with E-state index in [1.54, 1.807) is 6.92 Å². The number of carbonyl (C=O) groups is 1. The lowest BCUT2D eigenvalue weighted by molar-refractivity contribution is -0.274. The summed E-state index contributed by atoms with van der Waals surface area (Å²) in [6.07, 6.45) is -5.21. The molecular weight excluding hydrogens is 289 g/mol. The van der Waals surface area contributed by atoms with E-state index in [1.165, 1.54) is 0 Å². The maximum absolute atomic E-state index is 12.3. The van der Waals surface area contributed by atoms with E-state index in [2.05, 4.69) is 4.74 Å². The summed E-state index contributed by atoms with van der Waals surface area (Å²) < 4.78 is 45.3. The molecule has 0 unspecified atom stereocenters. The fourth-order valence-electron chi connectivity index (χ4n) is 1.74. The Kier molecular flexibility index (Phi) is 5.55. The predicted octanol–water partition coefficient (Wildman–Crippen LogP) is 2.02. The van der Waals surface area contributed by atoms with Crippen LogP contribution in [0, 0.1) is 11.3 Å². The molecule has 1 aromatic rings. The molecule has 0 aliphatic carbocycles. The first-order valence-corrected chi connectivity index (χ1v) is 5.98. The Morgan fingerprint density at radius 3 is 2.48 bits per heavy atom. The molecule has 0 aliphatic heterocycles. The lowest BCUT2D eigenvalue weighted by atomic mass is 9.99. The molecular formula is C13H13F3N2O3. The highest BCUT2D eigenvalue weighted by Crippen LogP contribution is 2.28. The third-order valence-corrected chi connectivity index (χ3v) is 2.48. The van der Waals surface area contributed by atoms with Crippen molar-refractivity contribution in [1.29, 1.82) is 5.26 Å². The van der Waals surface area contributed by atoms with Crippen molar-refractivity contribution in [3.8, 4) is 11.8 Å². The number of alkyl halides is 3. The molecule has 1 rings (SSSR count). The van der Waals surface area contributed by atoms with Crippen molar-refractivity contribution in [3.63, 3.8) is 0 Å². The highest BCUT2D eigenvalue weighted by atomic mass is 19.4. The van der Waals surface area contributed by atoms with Gasteiger partial charge in [-0.1, -0.05) is 0 Å². The van der Waals surface area contributed by atoms with Crippen LogP contribution >= 0.6 is 0 Å². The van der Waals surface area contributed by atoms with E-state index in [0.717, 1.165) is 12.1 Å². The van der Waals surface area contributed by atoms with E-state index in [1.807, 2.05) is 6.07 Å². The van der Waals surface area contributed by atoms with Crippen LogP contribution in [0.15, 0.2) is 12.1 Å². The Balaban J connectivity index is 3.22. The standard InChI is InChI=1S/C13H13F3N2O3/c1-2-20-12(19)5-8-3-10(21-13(14,15)16)4-9(6-17)11(8)7-18/h3-4H,2,5-6,17H2,1H3. The third kappa shape index (κ3) is 4.96. The molecule has 0 radical (unpaired) electrons. The Morgan fingerprint density at radius 2 is 2.00 bits per heavy atom. The molecule has 5 nitrogen and oxygen atoms in total. The van der Waals surface area contributed by atoms with Crippen molar-refractivity contribution in [2.75, 3.05) is 6.61 Å². The average Bonchev–Trinajstić information content (AvgIpc) is 2.36. The molecule has 1 aromatic carbocycles. The molecule has 0 fully saturated rings. The summed E-state index contributed by atoms with van der Waals surface area (Å²) in [5.41, 5.74) is 5.72. The first-order chi connectivity index (χ1) is 9.80. The number of ether oxygens (including phenoxy) is 2. The van der Waals surface area contributed by atoms with Crippen molar-refractivity contribution < 1.29 is 27.4 Å². The van der Waals surface area contributed by atoms with Gasteiger partial charge in [0.05, 0.1) is 24.7 Å². The van der Waals surface area contributed by atoms with Gasteiger partial charge in [0.1, 0.15) is 5.75 Å². The second kappa shape index (κ2) is 6.95. The second-order valence-corrected chi connectivity index (χ2v) is 3.96. The second-order valence-electron chi connectivity index (χ2n) is 3.96. The number of hydrogen-bond acceptors (Lipinski definition) is 5. The number of hydrogen-bond donors (Lipinski definition) is 1. The monoisotopic (exact) mass is 302 g/mol. The minimum Gasteiger partial charge on any atom is -0.466 e. The van der Waals surface area contributed by atoms with E-state index in [9.17, 15) is 18.0 Å². The van der Waals surface area contributed by atoms with E-state index in [4.69, 9.17) is 15.7 Å². The van der Waals surface area contributed by atoms with E-state index in [0.29, 0.717) is 0 Å². The van der Waals surface area contributed by atoms with Crippen molar-refractivity contribution in [2.45, 2.75) is 26.3 Å². The van der Waals surface area contributed by atoms with Gasteiger partial charge in [-0.25, -0.2) is 0 Å². The zero-order valence-electron chi connectivity index (χ0n) is 11.2. The molecule has 0 saturated heterocycles.